The Hall–Kier alpha value is -2.92. The highest BCUT2D eigenvalue weighted by Crippen LogP contribution is 2.26. The third-order valence-electron chi connectivity index (χ3n) is 3.63. The standard InChI is InChI=1S/C18H18FN5O3S2/c1-2-24-17(14-4-3-9-28-14)22-23-18(24)29-11-16(26)21-20-15(25)10-27-13-7-5-12(19)6-8-13/h3-9H,2,10-11H2,1H3,(H,20,25)(H,21,26). The van der Waals surface area contributed by atoms with Crippen molar-refractivity contribution < 1.29 is 18.7 Å². The number of carbonyl (C=O) groups is 2. The van der Waals surface area contributed by atoms with Crippen molar-refractivity contribution in [3.63, 3.8) is 0 Å². The summed E-state index contributed by atoms with van der Waals surface area (Å²) < 4.78 is 19.9. The monoisotopic (exact) mass is 435 g/mol. The van der Waals surface area contributed by atoms with Gasteiger partial charge in [-0.1, -0.05) is 17.8 Å². The predicted octanol–water partition coefficient (Wildman–Crippen LogP) is 2.48. The van der Waals surface area contributed by atoms with Crippen molar-refractivity contribution in [3.05, 3.63) is 47.6 Å². The van der Waals surface area contributed by atoms with E-state index in [1.165, 1.54) is 36.0 Å². The molecule has 2 N–H and O–H groups in total. The summed E-state index contributed by atoms with van der Waals surface area (Å²) >= 11 is 2.79. The van der Waals surface area contributed by atoms with E-state index in [9.17, 15) is 14.0 Å². The average molecular weight is 436 g/mol. The van der Waals surface area contributed by atoms with Gasteiger partial charge in [0.15, 0.2) is 17.6 Å². The van der Waals surface area contributed by atoms with Gasteiger partial charge in [-0.3, -0.25) is 20.4 Å². The van der Waals surface area contributed by atoms with E-state index in [4.69, 9.17) is 4.74 Å². The van der Waals surface area contributed by atoms with Crippen molar-refractivity contribution in [2.45, 2.75) is 18.6 Å². The van der Waals surface area contributed by atoms with E-state index < -0.39 is 17.6 Å². The second-order valence-corrected chi connectivity index (χ2v) is 7.55. The molecule has 0 atom stereocenters. The molecule has 3 rings (SSSR count). The third-order valence-corrected chi connectivity index (χ3v) is 5.46. The molecule has 152 valence electrons. The van der Waals surface area contributed by atoms with Gasteiger partial charge in [-0.15, -0.1) is 21.5 Å². The van der Waals surface area contributed by atoms with E-state index in [1.807, 2.05) is 29.0 Å². The van der Waals surface area contributed by atoms with Gasteiger partial charge in [-0.2, -0.15) is 0 Å². The molecule has 0 saturated carbocycles. The van der Waals surface area contributed by atoms with Gasteiger partial charge in [0.25, 0.3) is 5.91 Å². The molecule has 2 aromatic heterocycles. The second-order valence-electron chi connectivity index (χ2n) is 5.66. The average Bonchev–Trinajstić information content (AvgIpc) is 3.39. The molecule has 3 aromatic rings. The van der Waals surface area contributed by atoms with E-state index in [0.29, 0.717) is 17.5 Å². The van der Waals surface area contributed by atoms with E-state index in [1.54, 1.807) is 11.3 Å². The first-order chi connectivity index (χ1) is 14.1. The summed E-state index contributed by atoms with van der Waals surface area (Å²) in [6, 6.07) is 9.18. The van der Waals surface area contributed by atoms with Crippen LogP contribution in [0, 0.1) is 5.82 Å². The second kappa shape index (κ2) is 10.0. The van der Waals surface area contributed by atoms with Crippen molar-refractivity contribution in [1.29, 1.82) is 0 Å². The molecule has 0 radical (unpaired) electrons. The highest BCUT2D eigenvalue weighted by molar-refractivity contribution is 7.99. The molecule has 8 nitrogen and oxygen atoms in total. The van der Waals surface area contributed by atoms with Gasteiger partial charge in [-0.05, 0) is 42.6 Å². The van der Waals surface area contributed by atoms with Crippen molar-refractivity contribution in [1.82, 2.24) is 25.6 Å². The van der Waals surface area contributed by atoms with E-state index >= 15 is 0 Å². The summed E-state index contributed by atoms with van der Waals surface area (Å²) in [7, 11) is 0. The van der Waals surface area contributed by atoms with E-state index in [2.05, 4.69) is 21.0 Å². The minimum absolute atomic E-state index is 0.0572. The molecule has 0 bridgehead atoms. The molecule has 2 amide bonds. The summed E-state index contributed by atoms with van der Waals surface area (Å²) in [6.45, 7) is 2.33. The van der Waals surface area contributed by atoms with Crippen LogP contribution >= 0.6 is 23.1 Å². The van der Waals surface area contributed by atoms with Crippen molar-refractivity contribution >= 4 is 34.9 Å². The Bertz CT molecular complexity index is 961. The topological polar surface area (TPSA) is 98.1 Å². The lowest BCUT2D eigenvalue weighted by Crippen LogP contribution is -2.44. The number of rotatable bonds is 8. The maximum absolute atomic E-state index is 12.8. The molecule has 0 fully saturated rings. The zero-order valence-corrected chi connectivity index (χ0v) is 17.1. The van der Waals surface area contributed by atoms with Gasteiger partial charge < -0.3 is 9.30 Å². The van der Waals surface area contributed by atoms with Crippen LogP contribution in [0.25, 0.3) is 10.7 Å². The molecule has 0 aliphatic rings. The normalized spacial score (nSPS) is 10.6. The highest BCUT2D eigenvalue weighted by atomic mass is 32.2. The van der Waals surface area contributed by atoms with Gasteiger partial charge in [0.1, 0.15) is 11.6 Å². The Balaban J connectivity index is 1.43. The van der Waals surface area contributed by atoms with E-state index in [0.717, 1.165) is 10.7 Å². The lowest BCUT2D eigenvalue weighted by atomic mass is 10.3. The third kappa shape index (κ3) is 5.78. The number of amides is 2. The quantitative estimate of drug-likeness (QED) is 0.417. The summed E-state index contributed by atoms with van der Waals surface area (Å²) in [5, 5.41) is 10.9. The maximum atomic E-state index is 12.8. The van der Waals surface area contributed by atoms with Crippen LogP contribution in [0.2, 0.25) is 0 Å². The Kier molecular flexibility index (Phi) is 7.19. The molecule has 29 heavy (non-hydrogen) atoms. The fourth-order valence-electron chi connectivity index (χ4n) is 2.29. The SMILES string of the molecule is CCn1c(SCC(=O)NNC(=O)COc2ccc(F)cc2)nnc1-c1cccs1. The van der Waals surface area contributed by atoms with Gasteiger partial charge in [0, 0.05) is 6.54 Å². The first-order valence-electron chi connectivity index (χ1n) is 8.62. The van der Waals surface area contributed by atoms with Gasteiger partial charge in [0.2, 0.25) is 5.91 Å². The number of thioether (sulfide) groups is 1. The molecule has 2 heterocycles. The number of thiophene rings is 1. The summed E-state index contributed by atoms with van der Waals surface area (Å²) in [5.74, 6) is -0.159. The fraction of sp³-hybridized carbons (Fsp3) is 0.222. The molecular weight excluding hydrogens is 417 g/mol. The van der Waals surface area contributed by atoms with Crippen molar-refractivity contribution in [2.24, 2.45) is 0 Å². The molecule has 1 aromatic carbocycles. The zero-order valence-electron chi connectivity index (χ0n) is 15.4. The zero-order chi connectivity index (χ0) is 20.6. The lowest BCUT2D eigenvalue weighted by molar-refractivity contribution is -0.128. The number of hydrogen-bond acceptors (Lipinski definition) is 7. The van der Waals surface area contributed by atoms with Gasteiger partial charge in [0.05, 0.1) is 10.6 Å². The number of nitrogens with one attached hydrogen (secondary N) is 2. The van der Waals surface area contributed by atoms with Crippen molar-refractivity contribution in [3.8, 4) is 16.5 Å². The number of nitrogens with zero attached hydrogens (tertiary/aromatic N) is 3. The van der Waals surface area contributed by atoms with Gasteiger partial charge >= 0.3 is 0 Å². The van der Waals surface area contributed by atoms with Crippen LogP contribution in [0.4, 0.5) is 4.39 Å². The molecule has 0 saturated heterocycles. The van der Waals surface area contributed by atoms with Crippen LogP contribution in [0.15, 0.2) is 46.9 Å². The summed E-state index contributed by atoms with van der Waals surface area (Å²) in [6.07, 6.45) is 0. The number of hydrazine groups is 1. The molecule has 0 aliphatic heterocycles. The number of hydrogen-bond donors (Lipinski definition) is 2. The van der Waals surface area contributed by atoms with Gasteiger partial charge in [-0.25, -0.2) is 4.39 Å². The van der Waals surface area contributed by atoms with Crippen LogP contribution in [0.5, 0.6) is 5.75 Å². The number of benzene rings is 1. The molecule has 0 aliphatic carbocycles. The number of halogens is 1. The van der Waals surface area contributed by atoms with Crippen molar-refractivity contribution in [2.75, 3.05) is 12.4 Å². The van der Waals surface area contributed by atoms with Crippen LogP contribution in [0.3, 0.4) is 0 Å². The van der Waals surface area contributed by atoms with Crippen LogP contribution in [-0.4, -0.2) is 38.9 Å². The first-order valence-corrected chi connectivity index (χ1v) is 10.5. The van der Waals surface area contributed by atoms with Crippen LogP contribution in [0.1, 0.15) is 6.92 Å². The smallest absolute Gasteiger partial charge is 0.276 e. The lowest BCUT2D eigenvalue weighted by Gasteiger charge is -2.09. The molecule has 11 heteroatoms. The van der Waals surface area contributed by atoms with E-state index in [-0.39, 0.29) is 12.4 Å². The molecule has 0 unspecified atom stereocenters. The summed E-state index contributed by atoms with van der Waals surface area (Å²) in [4.78, 5) is 24.7. The minimum Gasteiger partial charge on any atom is -0.484 e. The Morgan fingerprint density at radius 3 is 2.62 bits per heavy atom. The van der Waals surface area contributed by atoms with Crippen LogP contribution in [-0.2, 0) is 16.1 Å². The predicted molar refractivity (Wildman–Crippen MR) is 108 cm³/mol. The molecular formula is C18H18FN5O3S2. The number of ether oxygens (including phenoxy) is 1. The largest absolute Gasteiger partial charge is 0.484 e. The minimum atomic E-state index is -0.538. The summed E-state index contributed by atoms with van der Waals surface area (Å²) in [5.41, 5.74) is 4.58. The highest BCUT2D eigenvalue weighted by Gasteiger charge is 2.15. The number of aromatic nitrogens is 3. The Morgan fingerprint density at radius 1 is 1.17 bits per heavy atom. The molecule has 0 spiro atoms. The maximum Gasteiger partial charge on any atom is 0.276 e. The number of carbonyl (C=O) groups excluding carboxylic acids is 2. The Labute approximate surface area is 174 Å². The Morgan fingerprint density at radius 2 is 1.93 bits per heavy atom. The first kappa shape index (κ1) is 20.8. The fourth-order valence-corrected chi connectivity index (χ4v) is 3.81. The van der Waals surface area contributed by atoms with Crippen LogP contribution < -0.4 is 15.6 Å².